The van der Waals surface area contributed by atoms with Crippen molar-refractivity contribution in [2.75, 3.05) is 19.1 Å². The van der Waals surface area contributed by atoms with Gasteiger partial charge in [-0.3, -0.25) is 4.79 Å². The standard InChI is InChI=1S/C9H18O4S/c1-9(2,13-3)6-5-8(10)7-14(4,11)12/h5-7H2,1-4H3. The Bertz CT molecular complexity index is 290. The molecule has 0 radical (unpaired) electrons. The molecule has 0 aromatic heterocycles. The molecule has 0 aliphatic carbocycles. The molecule has 0 unspecified atom stereocenters. The lowest BCUT2D eigenvalue weighted by Gasteiger charge is -2.21. The molecule has 0 aliphatic heterocycles. The van der Waals surface area contributed by atoms with Gasteiger partial charge in [0.05, 0.1) is 5.60 Å². The van der Waals surface area contributed by atoms with Gasteiger partial charge in [0.1, 0.15) is 11.5 Å². The Morgan fingerprint density at radius 2 is 1.86 bits per heavy atom. The fraction of sp³-hybridized carbons (Fsp3) is 0.889. The molecular formula is C9H18O4S. The first kappa shape index (κ1) is 13.6. The zero-order chi connectivity index (χ0) is 11.4. The molecule has 0 bridgehead atoms. The lowest BCUT2D eigenvalue weighted by atomic mass is 10.0. The van der Waals surface area contributed by atoms with Crippen LogP contribution in [0.4, 0.5) is 0 Å². The van der Waals surface area contributed by atoms with E-state index in [4.69, 9.17) is 4.74 Å². The van der Waals surface area contributed by atoms with E-state index in [1.807, 2.05) is 13.8 Å². The van der Waals surface area contributed by atoms with Crippen molar-refractivity contribution in [3.8, 4) is 0 Å². The van der Waals surface area contributed by atoms with Crippen molar-refractivity contribution in [1.29, 1.82) is 0 Å². The van der Waals surface area contributed by atoms with Crippen molar-refractivity contribution >= 4 is 15.6 Å². The van der Waals surface area contributed by atoms with Crippen molar-refractivity contribution < 1.29 is 17.9 Å². The largest absolute Gasteiger partial charge is 0.379 e. The number of hydrogen-bond acceptors (Lipinski definition) is 4. The number of ketones is 1. The Morgan fingerprint density at radius 1 is 1.36 bits per heavy atom. The van der Waals surface area contributed by atoms with Crippen LogP contribution in [0.15, 0.2) is 0 Å². The molecule has 0 spiro atoms. The Morgan fingerprint density at radius 3 is 2.21 bits per heavy atom. The number of sulfone groups is 1. The summed E-state index contributed by atoms with van der Waals surface area (Å²) in [5.41, 5.74) is -0.368. The maximum atomic E-state index is 11.2. The number of carbonyl (C=O) groups excluding carboxylic acids is 1. The summed E-state index contributed by atoms with van der Waals surface area (Å²) in [5, 5.41) is 0. The molecule has 0 amide bonds. The molecule has 14 heavy (non-hydrogen) atoms. The summed E-state index contributed by atoms with van der Waals surface area (Å²) in [6.45, 7) is 3.72. The van der Waals surface area contributed by atoms with Crippen molar-refractivity contribution in [1.82, 2.24) is 0 Å². The highest BCUT2D eigenvalue weighted by atomic mass is 32.2. The van der Waals surface area contributed by atoms with E-state index < -0.39 is 9.84 Å². The monoisotopic (exact) mass is 222 g/mol. The molecule has 0 rings (SSSR count). The SMILES string of the molecule is COC(C)(C)CCC(=O)CS(C)(=O)=O. The van der Waals surface area contributed by atoms with E-state index in [0.717, 1.165) is 6.26 Å². The van der Waals surface area contributed by atoms with Gasteiger partial charge in [-0.1, -0.05) is 0 Å². The van der Waals surface area contributed by atoms with Crippen LogP contribution in [0.2, 0.25) is 0 Å². The van der Waals surface area contributed by atoms with Crippen LogP contribution in [0.1, 0.15) is 26.7 Å². The lowest BCUT2D eigenvalue weighted by molar-refractivity contribution is -0.118. The van der Waals surface area contributed by atoms with Crippen molar-refractivity contribution in [3.05, 3.63) is 0 Å². The minimum absolute atomic E-state index is 0.244. The van der Waals surface area contributed by atoms with Gasteiger partial charge < -0.3 is 4.74 Å². The number of carbonyl (C=O) groups is 1. The number of ether oxygens (including phenoxy) is 1. The van der Waals surface area contributed by atoms with Crippen LogP contribution in [-0.4, -0.2) is 38.9 Å². The molecule has 0 saturated heterocycles. The van der Waals surface area contributed by atoms with E-state index in [2.05, 4.69) is 0 Å². The molecule has 0 atom stereocenters. The molecule has 0 saturated carbocycles. The summed E-state index contributed by atoms with van der Waals surface area (Å²) >= 11 is 0. The van der Waals surface area contributed by atoms with Gasteiger partial charge in [0.2, 0.25) is 0 Å². The van der Waals surface area contributed by atoms with Gasteiger partial charge in [0.15, 0.2) is 9.84 Å². The highest BCUT2D eigenvalue weighted by Crippen LogP contribution is 2.15. The highest BCUT2D eigenvalue weighted by Gasteiger charge is 2.19. The predicted molar refractivity (Wildman–Crippen MR) is 55.0 cm³/mol. The second kappa shape index (κ2) is 4.89. The molecule has 0 N–H and O–H groups in total. The molecule has 0 aromatic carbocycles. The molecule has 0 aromatic rings. The third-order valence-corrected chi connectivity index (χ3v) is 2.83. The Hall–Kier alpha value is -0.420. The summed E-state index contributed by atoms with van der Waals surface area (Å²) in [4.78, 5) is 11.2. The zero-order valence-electron chi connectivity index (χ0n) is 9.16. The summed E-state index contributed by atoms with van der Waals surface area (Å²) < 4.78 is 26.7. The average molecular weight is 222 g/mol. The first-order valence-electron chi connectivity index (χ1n) is 4.41. The summed E-state index contributed by atoms with van der Waals surface area (Å²) in [6.07, 6.45) is 1.85. The van der Waals surface area contributed by atoms with E-state index in [1.165, 1.54) is 0 Å². The summed E-state index contributed by atoms with van der Waals surface area (Å²) in [6, 6.07) is 0. The highest BCUT2D eigenvalue weighted by molar-refractivity contribution is 7.91. The first-order valence-corrected chi connectivity index (χ1v) is 6.47. The molecule has 0 aliphatic rings. The van der Waals surface area contributed by atoms with Crippen LogP contribution in [0.5, 0.6) is 0 Å². The second-order valence-corrected chi connectivity index (χ2v) is 6.21. The van der Waals surface area contributed by atoms with Gasteiger partial charge in [-0.2, -0.15) is 0 Å². The van der Waals surface area contributed by atoms with Crippen LogP contribution in [0.25, 0.3) is 0 Å². The van der Waals surface area contributed by atoms with Gasteiger partial charge in [-0.05, 0) is 20.3 Å². The number of rotatable bonds is 6. The van der Waals surface area contributed by atoms with Gasteiger partial charge in [0.25, 0.3) is 0 Å². The molecule has 0 fully saturated rings. The van der Waals surface area contributed by atoms with E-state index in [9.17, 15) is 13.2 Å². The van der Waals surface area contributed by atoms with Gasteiger partial charge in [0, 0.05) is 19.8 Å². The number of methoxy groups -OCH3 is 1. The molecule has 4 nitrogen and oxygen atoms in total. The van der Waals surface area contributed by atoms with Crippen molar-refractivity contribution in [2.45, 2.75) is 32.3 Å². The van der Waals surface area contributed by atoms with Crippen molar-refractivity contribution in [2.24, 2.45) is 0 Å². The lowest BCUT2D eigenvalue weighted by Crippen LogP contribution is -2.25. The predicted octanol–water partition coefficient (Wildman–Crippen LogP) is 0.805. The average Bonchev–Trinajstić information content (AvgIpc) is 1.98. The minimum Gasteiger partial charge on any atom is -0.379 e. The van der Waals surface area contributed by atoms with Crippen LogP contribution in [0.3, 0.4) is 0 Å². The van der Waals surface area contributed by atoms with Crippen LogP contribution in [-0.2, 0) is 19.4 Å². The van der Waals surface area contributed by atoms with Crippen LogP contribution >= 0.6 is 0 Å². The molecule has 0 heterocycles. The van der Waals surface area contributed by atoms with Crippen LogP contribution < -0.4 is 0 Å². The topological polar surface area (TPSA) is 60.4 Å². The fourth-order valence-electron chi connectivity index (χ4n) is 0.907. The zero-order valence-corrected chi connectivity index (χ0v) is 9.98. The normalized spacial score (nSPS) is 12.9. The molecule has 84 valence electrons. The first-order chi connectivity index (χ1) is 6.16. The molecular weight excluding hydrogens is 204 g/mol. The summed E-state index contributed by atoms with van der Waals surface area (Å²) in [7, 11) is -1.62. The quantitative estimate of drug-likeness (QED) is 0.667. The van der Waals surface area contributed by atoms with Gasteiger partial charge >= 0.3 is 0 Å². The smallest absolute Gasteiger partial charge is 0.154 e. The number of hydrogen-bond donors (Lipinski definition) is 0. The van der Waals surface area contributed by atoms with E-state index >= 15 is 0 Å². The van der Waals surface area contributed by atoms with E-state index in [-0.39, 0.29) is 23.6 Å². The minimum atomic E-state index is -3.19. The van der Waals surface area contributed by atoms with Gasteiger partial charge in [-0.15, -0.1) is 0 Å². The van der Waals surface area contributed by atoms with E-state index in [0.29, 0.717) is 6.42 Å². The summed E-state index contributed by atoms with van der Waals surface area (Å²) in [5.74, 6) is -0.620. The van der Waals surface area contributed by atoms with Crippen LogP contribution in [0, 0.1) is 0 Å². The number of Topliss-reactive ketones (excluding diaryl/α,β-unsaturated/α-hetero) is 1. The van der Waals surface area contributed by atoms with E-state index in [1.54, 1.807) is 7.11 Å². The third-order valence-electron chi connectivity index (χ3n) is 1.98. The van der Waals surface area contributed by atoms with Crippen molar-refractivity contribution in [3.63, 3.8) is 0 Å². The fourth-order valence-corrected chi connectivity index (χ4v) is 1.64. The molecule has 5 heteroatoms. The maximum Gasteiger partial charge on any atom is 0.154 e. The third kappa shape index (κ3) is 7.03. The Labute approximate surface area is 85.6 Å². The Balaban J connectivity index is 3.99. The Kier molecular flexibility index (Phi) is 4.74. The second-order valence-electron chi connectivity index (χ2n) is 4.07. The maximum absolute atomic E-state index is 11.2. The van der Waals surface area contributed by atoms with Gasteiger partial charge in [-0.25, -0.2) is 8.42 Å².